The summed E-state index contributed by atoms with van der Waals surface area (Å²) in [6.07, 6.45) is 6.92. The van der Waals surface area contributed by atoms with Gasteiger partial charge in [-0.2, -0.15) is 9.40 Å². The highest BCUT2D eigenvalue weighted by molar-refractivity contribution is 9.10. The van der Waals surface area contributed by atoms with E-state index in [0.29, 0.717) is 32.0 Å². The molecule has 4 aliphatic heterocycles. The topological polar surface area (TPSA) is 102 Å². The van der Waals surface area contributed by atoms with E-state index in [1.807, 2.05) is 16.9 Å². The molecule has 7 rings (SSSR count). The van der Waals surface area contributed by atoms with Gasteiger partial charge in [-0.25, -0.2) is 18.1 Å². The number of halogens is 1. The van der Waals surface area contributed by atoms with Crippen molar-refractivity contribution in [2.45, 2.75) is 44.0 Å². The van der Waals surface area contributed by atoms with Crippen molar-refractivity contribution in [3.05, 3.63) is 64.5 Å². The number of benzene rings is 1. The Balaban J connectivity index is 1.45. The van der Waals surface area contributed by atoms with Gasteiger partial charge < -0.3 is 4.74 Å². The third-order valence-corrected chi connectivity index (χ3v) is 9.77. The fourth-order valence-electron chi connectivity index (χ4n) is 5.36. The second-order valence-electron chi connectivity index (χ2n) is 9.52. The summed E-state index contributed by atoms with van der Waals surface area (Å²) >= 11 is 3.60. The number of ether oxygens (including phenoxy) is 1. The first-order chi connectivity index (χ1) is 17.4. The second kappa shape index (κ2) is 9.37. The minimum Gasteiger partial charge on any atom is -0.489 e. The molecule has 0 spiro atoms. The van der Waals surface area contributed by atoms with Crippen LogP contribution in [0.25, 0.3) is 0 Å². The molecule has 0 amide bonds. The Morgan fingerprint density at radius 2 is 1.97 bits per heavy atom. The Hall–Kier alpha value is -2.60. The first-order valence-electron chi connectivity index (χ1n) is 12.1. The summed E-state index contributed by atoms with van der Waals surface area (Å²) in [4.78, 5) is 9.64. The summed E-state index contributed by atoms with van der Waals surface area (Å²) in [7, 11) is -3.63. The molecule has 0 aliphatic carbocycles. The molecule has 11 heteroatoms. The highest BCUT2D eigenvalue weighted by Crippen LogP contribution is 2.39. The summed E-state index contributed by atoms with van der Waals surface area (Å²) in [6.45, 7) is 3.99. The Kier molecular flexibility index (Phi) is 6.19. The zero-order chi connectivity index (χ0) is 24.9. The number of sulfonamides is 1. The monoisotopic (exact) mass is 570 g/mol. The minimum atomic E-state index is -3.63. The number of fused-ring (bicyclic) bond motifs is 5. The third kappa shape index (κ3) is 4.17. The zero-order valence-electron chi connectivity index (χ0n) is 19.8. The van der Waals surface area contributed by atoms with E-state index in [1.165, 1.54) is 0 Å². The lowest BCUT2D eigenvalue weighted by Gasteiger charge is -2.38. The molecule has 1 saturated heterocycles. The van der Waals surface area contributed by atoms with Crippen LogP contribution in [0, 0.1) is 11.8 Å². The molecule has 6 bridgehead atoms. The van der Waals surface area contributed by atoms with Gasteiger partial charge in [-0.05, 0) is 70.2 Å². The van der Waals surface area contributed by atoms with Crippen LogP contribution in [-0.4, -0.2) is 46.3 Å². The van der Waals surface area contributed by atoms with Gasteiger partial charge in [-0.3, -0.25) is 10.3 Å². The van der Waals surface area contributed by atoms with Crippen LogP contribution in [0.2, 0.25) is 0 Å². The fourth-order valence-corrected chi connectivity index (χ4v) is 7.24. The van der Waals surface area contributed by atoms with E-state index in [1.54, 1.807) is 41.0 Å². The molecule has 1 aromatic carbocycles. The predicted molar refractivity (Wildman–Crippen MR) is 139 cm³/mol. The standard InChI is InChI=1S/C25H27BrN6O3S/c1-16-23-17-3-2-10-31(14-17)36(33,34)21-6-4-20(5-7-21)35-15-18-8-9-27-11-19(18)12-28-24(16)32-25(30-23)22(26)13-29-32/h4-9,11,13,16-17,24,28H,2-3,10,12,14-15H2,1H3. The molecule has 4 aliphatic rings. The molecule has 9 nitrogen and oxygen atoms in total. The summed E-state index contributed by atoms with van der Waals surface area (Å²) < 4.78 is 37.4. The van der Waals surface area contributed by atoms with E-state index < -0.39 is 10.0 Å². The van der Waals surface area contributed by atoms with E-state index in [0.717, 1.165) is 40.0 Å². The first kappa shape index (κ1) is 23.8. The fraction of sp³-hybridized carbons (Fsp3) is 0.400. The SMILES string of the molecule is CC1C2=Nc3c(Br)cnn3C1NCc1cnccc1COc1ccc(cc1)S(=O)(=O)N1CCCC2C1. The molecule has 6 heterocycles. The van der Waals surface area contributed by atoms with Gasteiger partial charge in [0.1, 0.15) is 18.5 Å². The molecule has 188 valence electrons. The summed E-state index contributed by atoms with van der Waals surface area (Å²) in [5.74, 6) is 1.41. The van der Waals surface area contributed by atoms with Crippen LogP contribution in [0.5, 0.6) is 5.75 Å². The molecular weight excluding hydrogens is 544 g/mol. The molecule has 0 radical (unpaired) electrons. The van der Waals surface area contributed by atoms with Crippen LogP contribution < -0.4 is 10.1 Å². The van der Waals surface area contributed by atoms with Crippen LogP contribution in [-0.2, 0) is 23.2 Å². The highest BCUT2D eigenvalue weighted by Gasteiger charge is 2.39. The molecule has 4 atom stereocenters. The molecular formula is C25H27BrN6O3S. The van der Waals surface area contributed by atoms with Gasteiger partial charge in [0.25, 0.3) is 0 Å². The van der Waals surface area contributed by atoms with E-state index in [4.69, 9.17) is 9.73 Å². The molecule has 1 fully saturated rings. The van der Waals surface area contributed by atoms with E-state index in [9.17, 15) is 8.42 Å². The van der Waals surface area contributed by atoms with Gasteiger partial charge in [0.05, 0.1) is 15.6 Å². The summed E-state index contributed by atoms with van der Waals surface area (Å²) in [5, 5.41) is 8.26. The lowest BCUT2D eigenvalue weighted by atomic mass is 9.85. The zero-order valence-corrected chi connectivity index (χ0v) is 22.2. The average Bonchev–Trinajstić information content (AvgIpc) is 3.27. The number of hydrogen-bond acceptors (Lipinski definition) is 7. The lowest BCUT2D eigenvalue weighted by molar-refractivity contribution is 0.275. The van der Waals surface area contributed by atoms with E-state index in [-0.39, 0.29) is 22.9 Å². The number of nitrogens with zero attached hydrogens (tertiary/aromatic N) is 5. The van der Waals surface area contributed by atoms with E-state index >= 15 is 0 Å². The van der Waals surface area contributed by atoms with Crippen LogP contribution in [0.3, 0.4) is 0 Å². The van der Waals surface area contributed by atoms with Crippen molar-refractivity contribution in [3.63, 3.8) is 0 Å². The quantitative estimate of drug-likeness (QED) is 0.437. The van der Waals surface area contributed by atoms with E-state index in [2.05, 4.69) is 38.3 Å². The maximum absolute atomic E-state index is 13.5. The third-order valence-electron chi connectivity index (χ3n) is 7.33. The van der Waals surface area contributed by atoms with Crippen LogP contribution in [0.4, 0.5) is 5.82 Å². The van der Waals surface area contributed by atoms with Gasteiger partial charge in [0.2, 0.25) is 10.0 Å². The molecule has 4 unspecified atom stereocenters. The summed E-state index contributed by atoms with van der Waals surface area (Å²) in [5.41, 5.74) is 3.06. The maximum Gasteiger partial charge on any atom is 0.243 e. The predicted octanol–water partition coefficient (Wildman–Crippen LogP) is 4.04. The maximum atomic E-state index is 13.5. The lowest BCUT2D eigenvalue weighted by Crippen LogP contribution is -2.47. The number of aromatic nitrogens is 3. The van der Waals surface area contributed by atoms with Crippen LogP contribution in [0.15, 0.2) is 63.3 Å². The number of rotatable bonds is 0. The first-order valence-corrected chi connectivity index (χ1v) is 14.3. The number of hydrogen-bond donors (Lipinski definition) is 1. The highest BCUT2D eigenvalue weighted by atomic mass is 79.9. The molecule has 3 aromatic rings. The smallest absolute Gasteiger partial charge is 0.243 e. The Morgan fingerprint density at radius 3 is 2.81 bits per heavy atom. The molecule has 2 aromatic heterocycles. The number of aliphatic imine (C=N–C) groups is 1. The van der Waals surface area contributed by atoms with Crippen molar-refractivity contribution in [2.75, 3.05) is 13.1 Å². The minimum absolute atomic E-state index is 0.0165. The van der Waals surface area contributed by atoms with Gasteiger partial charge in [0.15, 0.2) is 5.82 Å². The van der Waals surface area contributed by atoms with Gasteiger partial charge in [-0.15, -0.1) is 0 Å². The second-order valence-corrected chi connectivity index (χ2v) is 12.3. The largest absolute Gasteiger partial charge is 0.489 e. The van der Waals surface area contributed by atoms with Gasteiger partial charge in [-0.1, -0.05) is 6.92 Å². The van der Waals surface area contributed by atoms with Gasteiger partial charge in [0, 0.05) is 49.6 Å². The Bertz CT molecular complexity index is 1420. The normalized spacial score (nSPS) is 27.2. The number of piperidine rings is 1. The Labute approximate surface area is 218 Å². The van der Waals surface area contributed by atoms with Crippen molar-refractivity contribution in [2.24, 2.45) is 16.8 Å². The number of pyridine rings is 1. The van der Waals surface area contributed by atoms with Crippen molar-refractivity contribution in [1.82, 2.24) is 24.4 Å². The molecule has 36 heavy (non-hydrogen) atoms. The summed E-state index contributed by atoms with van der Waals surface area (Å²) in [6, 6.07) is 8.66. The molecule has 1 N–H and O–H groups in total. The average molecular weight is 572 g/mol. The van der Waals surface area contributed by atoms with Crippen molar-refractivity contribution >= 4 is 37.5 Å². The van der Waals surface area contributed by atoms with Crippen molar-refractivity contribution in [1.29, 1.82) is 0 Å². The number of nitrogens with one attached hydrogen (secondary N) is 1. The van der Waals surface area contributed by atoms with Crippen molar-refractivity contribution in [3.8, 4) is 5.75 Å². The van der Waals surface area contributed by atoms with Crippen LogP contribution in [0.1, 0.15) is 37.1 Å². The van der Waals surface area contributed by atoms with Gasteiger partial charge >= 0.3 is 0 Å². The van der Waals surface area contributed by atoms with Crippen molar-refractivity contribution < 1.29 is 13.2 Å². The van der Waals surface area contributed by atoms with Crippen LogP contribution >= 0.6 is 15.9 Å². The Morgan fingerprint density at radius 1 is 1.14 bits per heavy atom. The molecule has 0 saturated carbocycles.